The van der Waals surface area contributed by atoms with Gasteiger partial charge in [-0.05, 0) is 31.5 Å². The van der Waals surface area contributed by atoms with Gasteiger partial charge in [0.25, 0.3) is 0 Å². The van der Waals surface area contributed by atoms with E-state index in [1.807, 2.05) is 18.2 Å². The number of carbonyl (C=O) groups is 1. The SMILES string of the molecule is COC(=O)C1CN(C)CC[C@@H]1c1ccccc1. The van der Waals surface area contributed by atoms with Crippen molar-refractivity contribution in [3.63, 3.8) is 0 Å². The van der Waals surface area contributed by atoms with Crippen molar-refractivity contribution in [2.75, 3.05) is 27.2 Å². The van der Waals surface area contributed by atoms with Crippen LogP contribution in [0.1, 0.15) is 17.9 Å². The van der Waals surface area contributed by atoms with Crippen LogP contribution in [0.15, 0.2) is 30.3 Å². The number of rotatable bonds is 2. The van der Waals surface area contributed by atoms with Gasteiger partial charge in [0.15, 0.2) is 0 Å². The van der Waals surface area contributed by atoms with Crippen LogP contribution in [0.4, 0.5) is 0 Å². The molecule has 1 aromatic rings. The minimum atomic E-state index is -0.0922. The van der Waals surface area contributed by atoms with E-state index in [0.717, 1.165) is 19.5 Å². The molecule has 0 radical (unpaired) electrons. The highest BCUT2D eigenvalue weighted by Gasteiger charge is 2.34. The summed E-state index contributed by atoms with van der Waals surface area (Å²) in [7, 11) is 3.52. The summed E-state index contributed by atoms with van der Waals surface area (Å²) in [5.74, 6) is 0.159. The van der Waals surface area contributed by atoms with E-state index < -0.39 is 0 Å². The van der Waals surface area contributed by atoms with Crippen LogP contribution >= 0.6 is 0 Å². The smallest absolute Gasteiger partial charge is 0.310 e. The highest BCUT2D eigenvalue weighted by Crippen LogP contribution is 2.33. The topological polar surface area (TPSA) is 29.5 Å². The summed E-state index contributed by atoms with van der Waals surface area (Å²) in [4.78, 5) is 14.0. The highest BCUT2D eigenvalue weighted by molar-refractivity contribution is 5.74. The summed E-state index contributed by atoms with van der Waals surface area (Å²) < 4.78 is 4.92. The maximum absolute atomic E-state index is 11.8. The normalized spacial score (nSPS) is 25.5. The Morgan fingerprint density at radius 3 is 2.71 bits per heavy atom. The number of piperidine rings is 1. The fourth-order valence-corrected chi connectivity index (χ4v) is 2.60. The van der Waals surface area contributed by atoms with Crippen molar-refractivity contribution >= 4 is 5.97 Å². The van der Waals surface area contributed by atoms with E-state index in [2.05, 4.69) is 24.1 Å². The van der Waals surface area contributed by atoms with Crippen molar-refractivity contribution < 1.29 is 9.53 Å². The van der Waals surface area contributed by atoms with Crippen molar-refractivity contribution in [1.29, 1.82) is 0 Å². The molecule has 0 saturated carbocycles. The van der Waals surface area contributed by atoms with Gasteiger partial charge in [0.2, 0.25) is 0 Å². The molecular formula is C14H19NO2. The second kappa shape index (κ2) is 5.32. The highest BCUT2D eigenvalue weighted by atomic mass is 16.5. The van der Waals surface area contributed by atoms with E-state index in [1.54, 1.807) is 0 Å². The summed E-state index contributed by atoms with van der Waals surface area (Å²) in [5, 5.41) is 0. The van der Waals surface area contributed by atoms with E-state index in [1.165, 1.54) is 12.7 Å². The summed E-state index contributed by atoms with van der Waals surface area (Å²) in [6.45, 7) is 1.82. The predicted octanol–water partition coefficient (Wildman–Crippen LogP) is 1.89. The molecule has 1 aromatic carbocycles. The zero-order valence-electron chi connectivity index (χ0n) is 10.4. The maximum atomic E-state index is 11.8. The van der Waals surface area contributed by atoms with Crippen LogP contribution in [0.2, 0.25) is 0 Å². The summed E-state index contributed by atoms with van der Waals surface area (Å²) in [6, 6.07) is 10.3. The van der Waals surface area contributed by atoms with E-state index in [9.17, 15) is 4.79 Å². The average Bonchev–Trinajstić information content (AvgIpc) is 2.38. The molecule has 0 spiro atoms. The molecule has 92 valence electrons. The van der Waals surface area contributed by atoms with Gasteiger partial charge in [-0.25, -0.2) is 0 Å². The molecular weight excluding hydrogens is 214 g/mol. The lowest BCUT2D eigenvalue weighted by Crippen LogP contribution is -2.41. The molecule has 2 rings (SSSR count). The van der Waals surface area contributed by atoms with Crippen LogP contribution in [0.25, 0.3) is 0 Å². The molecule has 1 heterocycles. The third-order valence-corrected chi connectivity index (χ3v) is 3.55. The van der Waals surface area contributed by atoms with Gasteiger partial charge < -0.3 is 9.64 Å². The van der Waals surface area contributed by atoms with Crippen LogP contribution in [-0.4, -0.2) is 38.1 Å². The van der Waals surface area contributed by atoms with Crippen molar-refractivity contribution in [3.05, 3.63) is 35.9 Å². The van der Waals surface area contributed by atoms with Gasteiger partial charge in [0.05, 0.1) is 13.0 Å². The lowest BCUT2D eigenvalue weighted by molar-refractivity contribution is -0.148. The number of likely N-dealkylation sites (tertiary alicyclic amines) is 1. The Balaban J connectivity index is 2.22. The Labute approximate surface area is 102 Å². The molecule has 1 aliphatic rings. The minimum absolute atomic E-state index is 0.0406. The fourth-order valence-electron chi connectivity index (χ4n) is 2.60. The van der Waals surface area contributed by atoms with Gasteiger partial charge in [0, 0.05) is 6.54 Å². The Kier molecular flexibility index (Phi) is 3.79. The first-order chi connectivity index (χ1) is 8.22. The molecule has 1 saturated heterocycles. The zero-order chi connectivity index (χ0) is 12.3. The van der Waals surface area contributed by atoms with E-state index in [-0.39, 0.29) is 11.9 Å². The van der Waals surface area contributed by atoms with Crippen LogP contribution in [0, 0.1) is 5.92 Å². The van der Waals surface area contributed by atoms with Gasteiger partial charge in [-0.15, -0.1) is 0 Å². The molecule has 0 aliphatic carbocycles. The van der Waals surface area contributed by atoms with Crippen molar-refractivity contribution in [2.45, 2.75) is 12.3 Å². The molecule has 1 fully saturated rings. The number of nitrogens with zero attached hydrogens (tertiary/aromatic N) is 1. The quantitative estimate of drug-likeness (QED) is 0.731. The van der Waals surface area contributed by atoms with Gasteiger partial charge >= 0.3 is 5.97 Å². The number of hydrogen-bond acceptors (Lipinski definition) is 3. The fraction of sp³-hybridized carbons (Fsp3) is 0.500. The second-order valence-corrected chi connectivity index (χ2v) is 4.70. The van der Waals surface area contributed by atoms with Gasteiger partial charge in [-0.2, -0.15) is 0 Å². The molecule has 0 bridgehead atoms. The standard InChI is InChI=1S/C14H19NO2/c1-15-9-8-12(11-6-4-3-5-7-11)13(10-15)14(16)17-2/h3-7,12-13H,8-10H2,1-2H3/t12-,13?/m1/s1. The van der Waals surface area contributed by atoms with E-state index in [0.29, 0.717) is 5.92 Å². The molecule has 0 N–H and O–H groups in total. The second-order valence-electron chi connectivity index (χ2n) is 4.70. The van der Waals surface area contributed by atoms with Crippen molar-refractivity contribution in [1.82, 2.24) is 4.90 Å². The van der Waals surface area contributed by atoms with E-state index in [4.69, 9.17) is 4.74 Å². The molecule has 3 heteroatoms. The summed E-state index contributed by atoms with van der Waals surface area (Å²) in [5.41, 5.74) is 1.25. The third-order valence-electron chi connectivity index (χ3n) is 3.55. The molecule has 1 aliphatic heterocycles. The molecule has 0 aromatic heterocycles. The molecule has 1 unspecified atom stereocenters. The Hall–Kier alpha value is -1.35. The van der Waals surface area contributed by atoms with Crippen molar-refractivity contribution in [2.24, 2.45) is 5.92 Å². The van der Waals surface area contributed by atoms with Crippen LogP contribution < -0.4 is 0 Å². The van der Waals surface area contributed by atoms with E-state index >= 15 is 0 Å². The van der Waals surface area contributed by atoms with Crippen LogP contribution in [0.5, 0.6) is 0 Å². The lowest BCUT2D eigenvalue weighted by Gasteiger charge is -2.35. The first-order valence-corrected chi connectivity index (χ1v) is 6.03. The van der Waals surface area contributed by atoms with Crippen LogP contribution in [0.3, 0.4) is 0 Å². The molecule has 17 heavy (non-hydrogen) atoms. The monoisotopic (exact) mass is 233 g/mol. The average molecular weight is 233 g/mol. The predicted molar refractivity (Wildman–Crippen MR) is 66.8 cm³/mol. The Bertz CT molecular complexity index is 377. The third kappa shape index (κ3) is 2.67. The summed E-state index contributed by atoms with van der Waals surface area (Å²) in [6.07, 6.45) is 1.01. The zero-order valence-corrected chi connectivity index (χ0v) is 10.4. The minimum Gasteiger partial charge on any atom is -0.469 e. The Morgan fingerprint density at radius 1 is 1.35 bits per heavy atom. The van der Waals surface area contributed by atoms with Crippen molar-refractivity contribution in [3.8, 4) is 0 Å². The van der Waals surface area contributed by atoms with Gasteiger partial charge in [0.1, 0.15) is 0 Å². The first-order valence-electron chi connectivity index (χ1n) is 6.03. The maximum Gasteiger partial charge on any atom is 0.310 e. The molecule has 0 amide bonds. The Morgan fingerprint density at radius 2 is 2.06 bits per heavy atom. The van der Waals surface area contributed by atoms with Crippen LogP contribution in [-0.2, 0) is 9.53 Å². The number of esters is 1. The largest absolute Gasteiger partial charge is 0.469 e. The molecule has 3 nitrogen and oxygen atoms in total. The number of hydrogen-bond donors (Lipinski definition) is 0. The van der Waals surface area contributed by atoms with Gasteiger partial charge in [-0.1, -0.05) is 30.3 Å². The number of ether oxygens (including phenoxy) is 1. The number of methoxy groups -OCH3 is 1. The number of carbonyl (C=O) groups excluding carboxylic acids is 1. The van der Waals surface area contributed by atoms with Gasteiger partial charge in [-0.3, -0.25) is 4.79 Å². The summed E-state index contributed by atoms with van der Waals surface area (Å²) >= 11 is 0. The first kappa shape index (κ1) is 12.1. The lowest BCUT2D eigenvalue weighted by atomic mass is 9.80. The molecule has 2 atom stereocenters. The number of benzene rings is 1.